The van der Waals surface area contributed by atoms with E-state index in [0.29, 0.717) is 27.8 Å². The van der Waals surface area contributed by atoms with Crippen molar-refractivity contribution >= 4 is 16.6 Å². The van der Waals surface area contributed by atoms with Gasteiger partial charge in [0.25, 0.3) is 5.56 Å². The van der Waals surface area contributed by atoms with E-state index in [0.717, 1.165) is 5.56 Å². The second kappa shape index (κ2) is 8.38. The first-order chi connectivity index (χ1) is 17.3. The highest BCUT2D eigenvalue weighted by Gasteiger charge is 2.64. The topological polar surface area (TPSA) is 74.5 Å². The van der Waals surface area contributed by atoms with Crippen molar-refractivity contribution in [2.24, 2.45) is 0 Å². The molecule has 2 unspecified atom stereocenters. The number of rotatable bonds is 3. The van der Waals surface area contributed by atoms with Gasteiger partial charge in [0.15, 0.2) is 5.60 Å². The third kappa shape index (κ3) is 3.96. The van der Waals surface area contributed by atoms with Gasteiger partial charge in [-0.15, -0.1) is 0 Å². The van der Waals surface area contributed by atoms with E-state index in [1.165, 1.54) is 28.8 Å². The normalized spacial score (nSPS) is 21.0. The average molecular weight is 509 g/mol. The van der Waals surface area contributed by atoms with Crippen LogP contribution in [0.5, 0.6) is 5.75 Å². The molecule has 0 bridgehead atoms. The second-order valence-electron chi connectivity index (χ2n) is 10.4. The van der Waals surface area contributed by atoms with Crippen molar-refractivity contribution in [3.8, 4) is 11.4 Å². The number of nitrogens with one attached hydrogen (secondary N) is 1. The molecule has 5 nitrogen and oxygen atoms in total. The van der Waals surface area contributed by atoms with Crippen molar-refractivity contribution in [1.82, 2.24) is 4.57 Å². The number of aliphatic hydroxyl groups is 1. The van der Waals surface area contributed by atoms with E-state index >= 15 is 0 Å². The summed E-state index contributed by atoms with van der Waals surface area (Å²) in [5, 5.41) is 25.3. The summed E-state index contributed by atoms with van der Waals surface area (Å²) in [6.07, 6.45) is -5.61. The summed E-state index contributed by atoms with van der Waals surface area (Å²) < 4.78 is 45.0. The molecule has 0 fully saturated rings. The molecule has 1 aliphatic carbocycles. The number of phenols is 1. The van der Waals surface area contributed by atoms with E-state index in [2.05, 4.69) is 5.32 Å². The monoisotopic (exact) mass is 508 g/mol. The standard InChI is InChI=1S/C29H27F3N2O3/c1-17-10-12-18(13-11-17)34-22-8-5-7-21(19(22)14-15-24(34)36)33-26-20-6-4-9-23(35)25(20)27(2,3)16-28(26,37)29(30,31)32/h4-15,26,33,35,37H,16H2,1-3H3. The lowest BCUT2D eigenvalue weighted by atomic mass is 9.63. The highest BCUT2D eigenvalue weighted by atomic mass is 19.4. The zero-order valence-corrected chi connectivity index (χ0v) is 20.6. The molecule has 1 aromatic heterocycles. The van der Waals surface area contributed by atoms with Crippen molar-refractivity contribution < 1.29 is 23.4 Å². The molecule has 0 radical (unpaired) electrons. The SMILES string of the molecule is Cc1ccc(-n2c(=O)ccc3c(NC4c5cccc(O)c5C(C)(C)CC4(O)C(F)(F)F)cccc32)cc1. The highest BCUT2D eigenvalue weighted by molar-refractivity contribution is 5.92. The van der Waals surface area contributed by atoms with Crippen molar-refractivity contribution in [2.45, 2.75) is 50.4 Å². The van der Waals surface area contributed by atoms with E-state index in [1.807, 2.05) is 19.1 Å². The van der Waals surface area contributed by atoms with Crippen molar-refractivity contribution in [3.05, 3.63) is 99.8 Å². The Kier molecular flexibility index (Phi) is 5.64. The largest absolute Gasteiger partial charge is 0.508 e. The van der Waals surface area contributed by atoms with Gasteiger partial charge in [-0.2, -0.15) is 13.2 Å². The molecule has 192 valence electrons. The van der Waals surface area contributed by atoms with Gasteiger partial charge < -0.3 is 15.5 Å². The van der Waals surface area contributed by atoms with E-state index in [4.69, 9.17) is 0 Å². The predicted octanol–water partition coefficient (Wildman–Crippen LogP) is 6.13. The van der Waals surface area contributed by atoms with E-state index in [1.54, 1.807) is 50.2 Å². The second-order valence-corrected chi connectivity index (χ2v) is 10.4. The summed E-state index contributed by atoms with van der Waals surface area (Å²) in [4.78, 5) is 12.9. The van der Waals surface area contributed by atoms with Crippen LogP contribution in [0.2, 0.25) is 0 Å². The number of anilines is 1. The van der Waals surface area contributed by atoms with Crippen LogP contribution < -0.4 is 10.9 Å². The van der Waals surface area contributed by atoms with Crippen molar-refractivity contribution in [2.75, 3.05) is 5.32 Å². The molecule has 8 heteroatoms. The van der Waals surface area contributed by atoms with Gasteiger partial charge in [0.05, 0.1) is 11.6 Å². The molecule has 4 aromatic rings. The van der Waals surface area contributed by atoms with Crippen LogP contribution in [0.3, 0.4) is 0 Å². The Labute approximate surface area is 211 Å². The van der Waals surface area contributed by atoms with Gasteiger partial charge in [-0.3, -0.25) is 9.36 Å². The number of aryl methyl sites for hydroxylation is 1. The fraction of sp³-hybridized carbons (Fsp3) is 0.276. The lowest BCUT2D eigenvalue weighted by molar-refractivity contribution is -0.275. The number of halogens is 3. The third-order valence-electron chi connectivity index (χ3n) is 7.27. The summed E-state index contributed by atoms with van der Waals surface area (Å²) in [6, 6.07) is 18.1. The third-order valence-corrected chi connectivity index (χ3v) is 7.27. The van der Waals surface area contributed by atoms with Gasteiger partial charge >= 0.3 is 6.18 Å². The predicted molar refractivity (Wildman–Crippen MR) is 137 cm³/mol. The Balaban J connectivity index is 1.72. The summed E-state index contributed by atoms with van der Waals surface area (Å²) >= 11 is 0. The first-order valence-electron chi connectivity index (χ1n) is 11.9. The molecule has 0 saturated carbocycles. The quantitative estimate of drug-likeness (QED) is 0.311. The van der Waals surface area contributed by atoms with E-state index < -0.39 is 29.7 Å². The number of fused-ring (bicyclic) bond motifs is 2. The molecule has 3 N–H and O–H groups in total. The number of benzene rings is 3. The Morgan fingerprint density at radius 3 is 2.32 bits per heavy atom. The number of nitrogens with zero attached hydrogens (tertiary/aromatic N) is 1. The molecule has 0 aliphatic heterocycles. The van der Waals surface area contributed by atoms with Crippen LogP contribution in [0.1, 0.15) is 43.0 Å². The van der Waals surface area contributed by atoms with Gasteiger partial charge in [-0.25, -0.2) is 0 Å². The highest BCUT2D eigenvalue weighted by Crippen LogP contribution is 2.56. The van der Waals surface area contributed by atoms with Crippen LogP contribution in [-0.2, 0) is 5.41 Å². The lowest BCUT2D eigenvalue weighted by Gasteiger charge is -2.49. The van der Waals surface area contributed by atoms with Crippen molar-refractivity contribution in [1.29, 1.82) is 0 Å². The zero-order chi connectivity index (χ0) is 26.8. The average Bonchev–Trinajstić information content (AvgIpc) is 2.81. The summed E-state index contributed by atoms with van der Waals surface area (Å²) in [6.45, 7) is 5.09. The molecular weight excluding hydrogens is 481 g/mol. The van der Waals surface area contributed by atoms with Crippen LogP contribution in [0.15, 0.2) is 77.6 Å². The van der Waals surface area contributed by atoms with Crippen LogP contribution in [0.25, 0.3) is 16.6 Å². The smallest absolute Gasteiger partial charge is 0.419 e. The molecule has 5 rings (SSSR count). The molecule has 0 saturated heterocycles. The van der Waals surface area contributed by atoms with Crippen LogP contribution >= 0.6 is 0 Å². The minimum absolute atomic E-state index is 0.121. The molecular formula is C29H27F3N2O3. The number of pyridine rings is 1. The maximum absolute atomic E-state index is 14.5. The fourth-order valence-corrected chi connectivity index (χ4v) is 5.63. The molecule has 1 heterocycles. The van der Waals surface area contributed by atoms with Crippen molar-refractivity contribution in [3.63, 3.8) is 0 Å². The number of alkyl halides is 3. The number of aromatic hydroxyl groups is 1. The Morgan fingerprint density at radius 2 is 1.65 bits per heavy atom. The van der Waals surface area contributed by atoms with Gasteiger partial charge in [0.2, 0.25) is 0 Å². The molecule has 37 heavy (non-hydrogen) atoms. The zero-order valence-electron chi connectivity index (χ0n) is 20.6. The van der Waals surface area contributed by atoms with E-state index in [9.17, 15) is 28.2 Å². The summed E-state index contributed by atoms with van der Waals surface area (Å²) in [7, 11) is 0. The number of hydrogen-bond acceptors (Lipinski definition) is 4. The first-order valence-corrected chi connectivity index (χ1v) is 11.9. The number of aromatic nitrogens is 1. The number of phenolic OH excluding ortho intramolecular Hbond substituents is 1. The minimum Gasteiger partial charge on any atom is -0.508 e. The Morgan fingerprint density at radius 1 is 0.973 bits per heavy atom. The first kappa shape index (κ1) is 24.9. The molecule has 3 aromatic carbocycles. The van der Waals surface area contributed by atoms with Gasteiger partial charge in [0, 0.05) is 28.4 Å². The lowest BCUT2D eigenvalue weighted by Crippen LogP contribution is -2.58. The van der Waals surface area contributed by atoms with E-state index in [-0.39, 0.29) is 16.9 Å². The maximum atomic E-state index is 14.5. The Bertz CT molecular complexity index is 1560. The van der Waals surface area contributed by atoms with Gasteiger partial charge in [0.1, 0.15) is 5.75 Å². The van der Waals surface area contributed by atoms with Crippen LogP contribution in [-0.4, -0.2) is 26.6 Å². The minimum atomic E-state index is -4.96. The molecule has 0 amide bonds. The summed E-state index contributed by atoms with van der Waals surface area (Å²) in [5.74, 6) is -0.121. The van der Waals surface area contributed by atoms with Crippen LogP contribution in [0, 0.1) is 6.92 Å². The summed E-state index contributed by atoms with van der Waals surface area (Å²) in [5.41, 5.74) is -1.55. The van der Waals surface area contributed by atoms with Crippen LogP contribution in [0.4, 0.5) is 18.9 Å². The Hall–Kier alpha value is -3.78. The van der Waals surface area contributed by atoms with Gasteiger partial charge in [-0.1, -0.05) is 49.7 Å². The fourth-order valence-electron chi connectivity index (χ4n) is 5.63. The molecule has 2 atom stereocenters. The maximum Gasteiger partial charge on any atom is 0.419 e. The molecule has 0 spiro atoms. The number of hydrogen-bond donors (Lipinski definition) is 3. The molecule has 1 aliphatic rings. The van der Waals surface area contributed by atoms with Gasteiger partial charge in [-0.05, 0) is 60.7 Å².